The van der Waals surface area contributed by atoms with E-state index in [1.54, 1.807) is 18.7 Å². The molecule has 0 aromatic rings. The number of piperidine rings is 1. The first-order chi connectivity index (χ1) is 12.2. The fourth-order valence-electron chi connectivity index (χ4n) is 3.78. The van der Waals surface area contributed by atoms with E-state index >= 15 is 0 Å². The Labute approximate surface area is 156 Å². The fraction of sp³-hybridized carbons (Fsp3) is 0.778. The van der Waals surface area contributed by atoms with Gasteiger partial charge in [0.05, 0.1) is 11.3 Å². The maximum Gasteiger partial charge on any atom is 0.335 e. The van der Waals surface area contributed by atoms with Gasteiger partial charge in [-0.25, -0.2) is 17.5 Å². The molecule has 1 amide bonds. The Morgan fingerprint density at radius 3 is 2.15 bits per heavy atom. The molecule has 0 aliphatic carbocycles. The molecule has 2 aliphatic rings. The number of carbonyl (C=O) groups excluding carboxylic acids is 2. The molecule has 1 saturated heterocycles. The van der Waals surface area contributed by atoms with Crippen LogP contribution in [0.3, 0.4) is 0 Å². The molecule has 2 aliphatic heterocycles. The van der Waals surface area contributed by atoms with Crippen molar-refractivity contribution in [1.29, 1.82) is 0 Å². The Morgan fingerprint density at radius 1 is 1.15 bits per heavy atom. The van der Waals surface area contributed by atoms with Crippen LogP contribution in [0.25, 0.3) is 0 Å². The van der Waals surface area contributed by atoms with E-state index in [4.69, 9.17) is 4.74 Å². The minimum atomic E-state index is -3.28. The van der Waals surface area contributed by atoms with E-state index < -0.39 is 21.6 Å². The van der Waals surface area contributed by atoms with Gasteiger partial charge in [-0.2, -0.15) is 0 Å². The van der Waals surface area contributed by atoms with Crippen LogP contribution in [0.15, 0.2) is 11.1 Å². The van der Waals surface area contributed by atoms with E-state index in [0.717, 1.165) is 12.8 Å². The van der Waals surface area contributed by atoms with Crippen molar-refractivity contribution in [2.75, 3.05) is 31.9 Å². The standard InChI is InChI=1S/C18H30N2O5S/c1-5-10-19(11-6-2)16(21)15-14(4)17(22)25-18(15)8-12-20(13-9-18)26(23,24)7-3/h5-13H2,1-4H3. The number of rotatable bonds is 7. The molecular weight excluding hydrogens is 356 g/mol. The maximum atomic E-state index is 13.2. The molecule has 1 spiro atoms. The van der Waals surface area contributed by atoms with Crippen molar-refractivity contribution < 1.29 is 22.7 Å². The molecule has 2 rings (SSSR count). The van der Waals surface area contributed by atoms with E-state index in [2.05, 4.69) is 0 Å². The molecule has 0 N–H and O–H groups in total. The normalized spacial score (nSPS) is 20.5. The van der Waals surface area contributed by atoms with Gasteiger partial charge in [-0.05, 0) is 26.7 Å². The minimum absolute atomic E-state index is 0.0429. The van der Waals surface area contributed by atoms with E-state index in [9.17, 15) is 18.0 Å². The van der Waals surface area contributed by atoms with Crippen LogP contribution in [-0.2, 0) is 24.3 Å². The summed E-state index contributed by atoms with van der Waals surface area (Å²) in [5.41, 5.74) is -0.200. The van der Waals surface area contributed by atoms with Crippen LogP contribution in [0.2, 0.25) is 0 Å². The summed E-state index contributed by atoms with van der Waals surface area (Å²) < 4.78 is 31.3. The molecule has 0 radical (unpaired) electrons. The highest BCUT2D eigenvalue weighted by molar-refractivity contribution is 7.89. The van der Waals surface area contributed by atoms with Crippen LogP contribution in [0.1, 0.15) is 53.4 Å². The molecule has 2 heterocycles. The predicted molar refractivity (Wildman–Crippen MR) is 99.0 cm³/mol. The van der Waals surface area contributed by atoms with E-state index in [1.165, 1.54) is 4.31 Å². The maximum absolute atomic E-state index is 13.2. The number of amides is 1. The number of carbonyl (C=O) groups is 2. The summed E-state index contributed by atoms with van der Waals surface area (Å²) in [6, 6.07) is 0. The number of nitrogens with zero attached hydrogens (tertiary/aromatic N) is 2. The van der Waals surface area contributed by atoms with Crippen molar-refractivity contribution in [2.24, 2.45) is 0 Å². The van der Waals surface area contributed by atoms with Crippen molar-refractivity contribution in [2.45, 2.75) is 59.0 Å². The van der Waals surface area contributed by atoms with Crippen molar-refractivity contribution >= 4 is 21.9 Å². The van der Waals surface area contributed by atoms with Gasteiger partial charge in [-0.3, -0.25) is 4.79 Å². The second-order valence-electron chi connectivity index (χ2n) is 6.98. The predicted octanol–water partition coefficient (Wildman–Crippen LogP) is 1.69. The summed E-state index contributed by atoms with van der Waals surface area (Å²) in [4.78, 5) is 27.2. The molecule has 0 unspecified atom stereocenters. The third-order valence-corrected chi connectivity index (χ3v) is 7.08. The summed E-state index contributed by atoms with van der Waals surface area (Å²) in [6.45, 7) is 9.05. The average Bonchev–Trinajstić information content (AvgIpc) is 2.84. The van der Waals surface area contributed by atoms with E-state index in [1.807, 2.05) is 13.8 Å². The lowest BCUT2D eigenvalue weighted by Crippen LogP contribution is -2.51. The zero-order valence-corrected chi connectivity index (χ0v) is 17.0. The number of esters is 1. The van der Waals surface area contributed by atoms with Gasteiger partial charge in [0.25, 0.3) is 5.91 Å². The number of sulfonamides is 1. The van der Waals surface area contributed by atoms with Crippen LogP contribution in [-0.4, -0.2) is 67.0 Å². The molecule has 0 saturated carbocycles. The lowest BCUT2D eigenvalue weighted by molar-refractivity contribution is -0.150. The highest BCUT2D eigenvalue weighted by Crippen LogP contribution is 2.42. The third-order valence-electron chi connectivity index (χ3n) is 5.20. The van der Waals surface area contributed by atoms with Gasteiger partial charge in [-0.15, -0.1) is 0 Å². The molecule has 1 fully saturated rings. The van der Waals surface area contributed by atoms with Crippen molar-refractivity contribution in [3.8, 4) is 0 Å². The molecule has 0 aromatic heterocycles. The van der Waals surface area contributed by atoms with Gasteiger partial charge in [-0.1, -0.05) is 13.8 Å². The minimum Gasteiger partial charge on any atom is -0.450 e. The van der Waals surface area contributed by atoms with Crippen LogP contribution in [0.4, 0.5) is 0 Å². The molecule has 0 bridgehead atoms. The van der Waals surface area contributed by atoms with Gasteiger partial charge < -0.3 is 9.64 Å². The first-order valence-corrected chi connectivity index (χ1v) is 11.0. The van der Waals surface area contributed by atoms with Crippen LogP contribution >= 0.6 is 0 Å². The Morgan fingerprint density at radius 2 is 1.69 bits per heavy atom. The number of hydrogen-bond donors (Lipinski definition) is 0. The largest absolute Gasteiger partial charge is 0.450 e. The van der Waals surface area contributed by atoms with E-state index in [0.29, 0.717) is 37.1 Å². The van der Waals surface area contributed by atoms with Gasteiger partial charge >= 0.3 is 5.97 Å². The molecular formula is C18H30N2O5S. The van der Waals surface area contributed by atoms with Gasteiger partial charge in [0.1, 0.15) is 5.60 Å². The zero-order valence-electron chi connectivity index (χ0n) is 16.2. The first kappa shape index (κ1) is 20.9. The van der Waals surface area contributed by atoms with Crippen molar-refractivity contribution in [3.63, 3.8) is 0 Å². The quantitative estimate of drug-likeness (QED) is 0.622. The lowest BCUT2D eigenvalue weighted by atomic mass is 9.83. The second kappa shape index (κ2) is 8.08. The highest BCUT2D eigenvalue weighted by Gasteiger charge is 2.52. The third kappa shape index (κ3) is 3.81. The molecule has 148 valence electrons. The smallest absolute Gasteiger partial charge is 0.335 e. The highest BCUT2D eigenvalue weighted by atomic mass is 32.2. The summed E-state index contributed by atoms with van der Waals surface area (Å²) in [7, 11) is -3.28. The molecule has 0 atom stereocenters. The summed E-state index contributed by atoms with van der Waals surface area (Å²) in [5, 5.41) is 0. The summed E-state index contributed by atoms with van der Waals surface area (Å²) in [5.74, 6) is -0.571. The average molecular weight is 387 g/mol. The van der Waals surface area contributed by atoms with Gasteiger partial charge in [0.2, 0.25) is 10.0 Å². The second-order valence-corrected chi connectivity index (χ2v) is 9.23. The van der Waals surface area contributed by atoms with Crippen molar-refractivity contribution in [1.82, 2.24) is 9.21 Å². The Bertz CT molecular complexity index is 684. The van der Waals surface area contributed by atoms with Crippen LogP contribution in [0, 0.1) is 0 Å². The molecule has 7 nitrogen and oxygen atoms in total. The fourth-order valence-corrected chi connectivity index (χ4v) is 4.88. The van der Waals surface area contributed by atoms with Crippen molar-refractivity contribution in [3.05, 3.63) is 11.1 Å². The SMILES string of the molecule is CCCN(CCC)C(=O)C1=C(C)C(=O)OC12CCN(S(=O)(=O)CC)CC2. The zero-order chi connectivity index (χ0) is 19.5. The van der Waals surface area contributed by atoms with Crippen LogP contribution < -0.4 is 0 Å². The Kier molecular flexibility index (Phi) is 6.50. The summed E-state index contributed by atoms with van der Waals surface area (Å²) in [6.07, 6.45) is 2.32. The Balaban J connectivity index is 2.29. The number of hydrogen-bond acceptors (Lipinski definition) is 5. The van der Waals surface area contributed by atoms with Gasteiger partial charge in [0.15, 0.2) is 0 Å². The van der Waals surface area contributed by atoms with Crippen LogP contribution in [0.5, 0.6) is 0 Å². The van der Waals surface area contributed by atoms with Gasteiger partial charge in [0, 0.05) is 44.6 Å². The first-order valence-electron chi connectivity index (χ1n) is 9.44. The number of ether oxygens (including phenoxy) is 1. The van der Waals surface area contributed by atoms with E-state index in [-0.39, 0.29) is 24.7 Å². The monoisotopic (exact) mass is 386 g/mol. The Hall–Kier alpha value is -1.41. The summed E-state index contributed by atoms with van der Waals surface area (Å²) >= 11 is 0. The molecule has 8 heteroatoms. The molecule has 0 aromatic carbocycles. The topological polar surface area (TPSA) is 84.0 Å². The lowest BCUT2D eigenvalue weighted by Gasteiger charge is -2.39. The molecule has 26 heavy (non-hydrogen) atoms.